The Balaban J connectivity index is 1.95. The molecule has 5 heteroatoms. The Labute approximate surface area is 114 Å². The molecule has 2 aliphatic rings. The van der Waals surface area contributed by atoms with E-state index in [-0.39, 0.29) is 11.9 Å². The van der Waals surface area contributed by atoms with Crippen LogP contribution in [0.15, 0.2) is 0 Å². The Bertz CT molecular complexity index is 323. The summed E-state index contributed by atoms with van der Waals surface area (Å²) in [6.07, 6.45) is 4.03. The summed E-state index contributed by atoms with van der Waals surface area (Å²) in [5.41, 5.74) is 0. The second-order valence-electron chi connectivity index (χ2n) is 5.39. The summed E-state index contributed by atoms with van der Waals surface area (Å²) in [4.78, 5) is 25.8. The van der Waals surface area contributed by atoms with E-state index in [1.165, 1.54) is 0 Å². The van der Waals surface area contributed by atoms with Crippen molar-refractivity contribution in [2.45, 2.75) is 51.1 Å². The van der Waals surface area contributed by atoms with Crippen molar-refractivity contribution in [3.8, 4) is 0 Å². The van der Waals surface area contributed by atoms with Gasteiger partial charge in [-0.25, -0.2) is 0 Å². The summed E-state index contributed by atoms with van der Waals surface area (Å²) in [5, 5.41) is 2.95. The number of ketones is 1. The number of carbonyl (C=O) groups excluding carboxylic acids is 2. The molecule has 1 saturated carbocycles. The molecule has 1 aliphatic carbocycles. The van der Waals surface area contributed by atoms with Crippen LogP contribution in [0.2, 0.25) is 0 Å². The van der Waals surface area contributed by atoms with Crippen molar-refractivity contribution >= 4 is 11.7 Å². The predicted molar refractivity (Wildman–Crippen MR) is 71.9 cm³/mol. The molecular formula is C14H24N2O3. The van der Waals surface area contributed by atoms with Gasteiger partial charge in [0.2, 0.25) is 5.91 Å². The van der Waals surface area contributed by atoms with Crippen LogP contribution in [0.3, 0.4) is 0 Å². The van der Waals surface area contributed by atoms with Crippen molar-refractivity contribution in [2.75, 3.05) is 26.3 Å². The zero-order valence-electron chi connectivity index (χ0n) is 11.7. The second-order valence-corrected chi connectivity index (χ2v) is 5.39. The minimum atomic E-state index is -0.182. The molecule has 0 radical (unpaired) electrons. The van der Waals surface area contributed by atoms with Crippen molar-refractivity contribution in [2.24, 2.45) is 0 Å². The number of hydrogen-bond donors (Lipinski definition) is 1. The molecule has 19 heavy (non-hydrogen) atoms. The number of amides is 1. The molecule has 2 fully saturated rings. The standard InChI is InChI=1S/C14H24N2O3/c1-2-7-15-14(18)13-10-19-9-8-16(13)11-3-5-12(17)6-4-11/h11,13H,2-10H2,1H3,(H,15,18). The summed E-state index contributed by atoms with van der Waals surface area (Å²) in [6, 6.07) is 0.178. The summed E-state index contributed by atoms with van der Waals surface area (Å²) < 4.78 is 5.46. The lowest BCUT2D eigenvalue weighted by Gasteiger charge is -2.41. The number of nitrogens with one attached hydrogen (secondary N) is 1. The lowest BCUT2D eigenvalue weighted by molar-refractivity contribution is -0.136. The second kappa shape index (κ2) is 7.01. The SMILES string of the molecule is CCCNC(=O)C1COCCN1C1CCC(=O)CC1. The third kappa shape index (κ3) is 3.76. The maximum Gasteiger partial charge on any atom is 0.239 e. The highest BCUT2D eigenvalue weighted by Crippen LogP contribution is 2.24. The molecule has 1 unspecified atom stereocenters. The van der Waals surface area contributed by atoms with Gasteiger partial charge in [0.1, 0.15) is 11.8 Å². The van der Waals surface area contributed by atoms with E-state index in [0.29, 0.717) is 44.4 Å². The fourth-order valence-corrected chi connectivity index (χ4v) is 2.90. The zero-order valence-corrected chi connectivity index (χ0v) is 11.7. The Morgan fingerprint density at radius 2 is 2.16 bits per heavy atom. The smallest absolute Gasteiger partial charge is 0.239 e. The monoisotopic (exact) mass is 268 g/mol. The van der Waals surface area contributed by atoms with Gasteiger partial charge in [0, 0.05) is 32.0 Å². The Morgan fingerprint density at radius 1 is 1.42 bits per heavy atom. The van der Waals surface area contributed by atoms with Crippen molar-refractivity contribution in [1.82, 2.24) is 10.2 Å². The van der Waals surface area contributed by atoms with E-state index < -0.39 is 0 Å². The van der Waals surface area contributed by atoms with E-state index in [0.717, 1.165) is 25.8 Å². The lowest BCUT2D eigenvalue weighted by Crippen LogP contribution is -2.57. The van der Waals surface area contributed by atoms with Crippen LogP contribution in [0.4, 0.5) is 0 Å². The average Bonchev–Trinajstić information content (AvgIpc) is 2.45. The van der Waals surface area contributed by atoms with Crippen LogP contribution in [0.5, 0.6) is 0 Å². The summed E-state index contributed by atoms with van der Waals surface area (Å²) in [5.74, 6) is 0.426. The zero-order chi connectivity index (χ0) is 13.7. The van der Waals surface area contributed by atoms with Crippen molar-refractivity contribution < 1.29 is 14.3 Å². The topological polar surface area (TPSA) is 58.6 Å². The van der Waals surface area contributed by atoms with E-state index >= 15 is 0 Å². The average molecular weight is 268 g/mol. The molecule has 0 aromatic carbocycles. The number of nitrogens with zero attached hydrogens (tertiary/aromatic N) is 1. The highest BCUT2D eigenvalue weighted by Gasteiger charge is 2.35. The van der Waals surface area contributed by atoms with Crippen LogP contribution in [0, 0.1) is 0 Å². The van der Waals surface area contributed by atoms with Crippen LogP contribution in [-0.2, 0) is 14.3 Å². The first-order valence-corrected chi connectivity index (χ1v) is 7.35. The van der Waals surface area contributed by atoms with Gasteiger partial charge in [0.05, 0.1) is 13.2 Å². The van der Waals surface area contributed by atoms with E-state index in [1.807, 2.05) is 6.92 Å². The van der Waals surface area contributed by atoms with Gasteiger partial charge < -0.3 is 10.1 Å². The number of rotatable bonds is 4. The van der Waals surface area contributed by atoms with Crippen LogP contribution < -0.4 is 5.32 Å². The first kappa shape index (κ1) is 14.5. The molecule has 108 valence electrons. The van der Waals surface area contributed by atoms with Crippen LogP contribution in [0.1, 0.15) is 39.0 Å². The van der Waals surface area contributed by atoms with E-state index in [4.69, 9.17) is 4.74 Å². The number of carbonyl (C=O) groups is 2. The first-order chi connectivity index (χ1) is 9.22. The minimum Gasteiger partial charge on any atom is -0.378 e. The third-order valence-electron chi connectivity index (χ3n) is 4.00. The highest BCUT2D eigenvalue weighted by atomic mass is 16.5. The third-order valence-corrected chi connectivity index (χ3v) is 4.00. The summed E-state index contributed by atoms with van der Waals surface area (Å²) >= 11 is 0. The fourth-order valence-electron chi connectivity index (χ4n) is 2.90. The molecular weight excluding hydrogens is 244 g/mol. The summed E-state index contributed by atoms with van der Waals surface area (Å²) in [6.45, 7) is 4.71. The first-order valence-electron chi connectivity index (χ1n) is 7.35. The highest BCUT2D eigenvalue weighted by molar-refractivity contribution is 5.82. The van der Waals surface area contributed by atoms with E-state index in [9.17, 15) is 9.59 Å². The Kier molecular flexibility index (Phi) is 5.34. The van der Waals surface area contributed by atoms with Gasteiger partial charge in [0.25, 0.3) is 0 Å². The predicted octanol–water partition coefficient (Wildman–Crippen LogP) is 0.725. The van der Waals surface area contributed by atoms with Crippen LogP contribution in [-0.4, -0.2) is 55.0 Å². The molecule has 2 rings (SSSR count). The van der Waals surface area contributed by atoms with Gasteiger partial charge in [-0.3, -0.25) is 14.5 Å². The van der Waals surface area contributed by atoms with E-state index in [2.05, 4.69) is 10.2 Å². The molecule has 0 spiro atoms. The van der Waals surface area contributed by atoms with Gasteiger partial charge in [-0.2, -0.15) is 0 Å². The molecule has 1 saturated heterocycles. The normalized spacial score (nSPS) is 26.4. The number of morpholine rings is 1. The molecule has 0 aromatic heterocycles. The molecule has 1 heterocycles. The van der Waals surface area contributed by atoms with Crippen molar-refractivity contribution in [3.05, 3.63) is 0 Å². The van der Waals surface area contributed by atoms with Crippen LogP contribution in [0.25, 0.3) is 0 Å². The quantitative estimate of drug-likeness (QED) is 0.816. The summed E-state index contributed by atoms with van der Waals surface area (Å²) in [7, 11) is 0. The maximum absolute atomic E-state index is 12.2. The van der Waals surface area contributed by atoms with Gasteiger partial charge >= 0.3 is 0 Å². The van der Waals surface area contributed by atoms with E-state index in [1.54, 1.807) is 0 Å². The van der Waals surface area contributed by atoms with Crippen molar-refractivity contribution in [1.29, 1.82) is 0 Å². The van der Waals surface area contributed by atoms with Gasteiger partial charge in [0.15, 0.2) is 0 Å². The Morgan fingerprint density at radius 3 is 2.84 bits per heavy atom. The molecule has 1 amide bonds. The molecule has 1 N–H and O–H groups in total. The molecule has 0 aromatic rings. The minimum absolute atomic E-state index is 0.0680. The van der Waals surface area contributed by atoms with Gasteiger partial charge in [-0.1, -0.05) is 6.92 Å². The fraction of sp³-hybridized carbons (Fsp3) is 0.857. The maximum atomic E-state index is 12.2. The number of hydrogen-bond acceptors (Lipinski definition) is 4. The Hall–Kier alpha value is -0.940. The van der Waals surface area contributed by atoms with Gasteiger partial charge in [-0.15, -0.1) is 0 Å². The van der Waals surface area contributed by atoms with Crippen molar-refractivity contribution in [3.63, 3.8) is 0 Å². The molecule has 0 bridgehead atoms. The largest absolute Gasteiger partial charge is 0.378 e. The molecule has 5 nitrogen and oxygen atoms in total. The van der Waals surface area contributed by atoms with Gasteiger partial charge in [-0.05, 0) is 19.3 Å². The number of ether oxygens (including phenoxy) is 1. The number of Topliss-reactive ketones (excluding diaryl/α,β-unsaturated/α-hetero) is 1. The van der Waals surface area contributed by atoms with Crippen LogP contribution >= 0.6 is 0 Å². The lowest BCUT2D eigenvalue weighted by atomic mass is 9.92. The molecule has 1 aliphatic heterocycles. The molecule has 1 atom stereocenters.